The summed E-state index contributed by atoms with van der Waals surface area (Å²) in [5, 5.41) is 0.609. The number of pyridine rings is 1. The van der Waals surface area contributed by atoms with Crippen molar-refractivity contribution in [1.29, 1.82) is 0 Å². The number of benzene rings is 3. The van der Waals surface area contributed by atoms with Crippen LogP contribution in [0.2, 0.25) is 0 Å². The highest BCUT2D eigenvalue weighted by molar-refractivity contribution is 5.92. The molecule has 0 amide bonds. The standard InChI is InChI=1S/C28H21F2N3O4/c1-33-27(16-4-7-18(29)8-5-16)32-15-20(28(33)34)17-6-10-23(21(30)14-17)37-22-12-13-31-25-19(22)9-11-24(35-2)26(25)36-3/h4-15H,1-3H3. The number of fused-ring (bicyclic) bond motifs is 1. The fourth-order valence-electron chi connectivity index (χ4n) is 4.08. The molecule has 186 valence electrons. The van der Waals surface area contributed by atoms with Crippen molar-refractivity contribution in [1.82, 2.24) is 14.5 Å². The summed E-state index contributed by atoms with van der Waals surface area (Å²) < 4.78 is 46.4. The number of hydrogen-bond acceptors (Lipinski definition) is 6. The van der Waals surface area contributed by atoms with Crippen LogP contribution >= 0.6 is 0 Å². The van der Waals surface area contributed by atoms with Gasteiger partial charge in [0.1, 0.15) is 22.9 Å². The average molecular weight is 501 g/mol. The maximum absolute atomic E-state index is 15.1. The molecule has 2 heterocycles. The zero-order valence-corrected chi connectivity index (χ0v) is 20.2. The lowest BCUT2D eigenvalue weighted by Crippen LogP contribution is -2.21. The van der Waals surface area contributed by atoms with Crippen molar-refractivity contribution in [3.8, 4) is 45.5 Å². The molecule has 0 fully saturated rings. The first-order chi connectivity index (χ1) is 17.9. The fourth-order valence-corrected chi connectivity index (χ4v) is 4.08. The van der Waals surface area contributed by atoms with Crippen LogP contribution < -0.4 is 19.8 Å². The predicted molar refractivity (Wildman–Crippen MR) is 135 cm³/mol. The Kier molecular flexibility index (Phi) is 6.27. The largest absolute Gasteiger partial charge is 0.493 e. The van der Waals surface area contributed by atoms with Crippen molar-refractivity contribution in [3.05, 3.63) is 95.0 Å². The van der Waals surface area contributed by atoms with Crippen LogP contribution in [0.4, 0.5) is 8.78 Å². The van der Waals surface area contributed by atoms with Crippen molar-refractivity contribution in [2.24, 2.45) is 7.05 Å². The number of hydrogen-bond donors (Lipinski definition) is 0. The fraction of sp³-hybridized carbons (Fsp3) is 0.107. The van der Waals surface area contributed by atoms with Gasteiger partial charge in [-0.05, 0) is 60.2 Å². The third kappa shape index (κ3) is 4.35. The van der Waals surface area contributed by atoms with Crippen molar-refractivity contribution in [3.63, 3.8) is 0 Å². The SMILES string of the molecule is COc1ccc2c(Oc3ccc(-c4cnc(-c5ccc(F)cc5)n(C)c4=O)cc3F)ccnc2c1OC. The monoisotopic (exact) mass is 501 g/mol. The molecule has 5 aromatic rings. The van der Waals surface area contributed by atoms with Gasteiger partial charge in [-0.25, -0.2) is 13.8 Å². The molecule has 0 saturated carbocycles. The summed E-state index contributed by atoms with van der Waals surface area (Å²) in [6.07, 6.45) is 2.91. The third-order valence-corrected chi connectivity index (χ3v) is 5.95. The number of rotatable bonds is 6. The second kappa shape index (κ2) is 9.69. The normalized spacial score (nSPS) is 10.9. The molecule has 3 aromatic carbocycles. The molecule has 7 nitrogen and oxygen atoms in total. The van der Waals surface area contributed by atoms with Gasteiger partial charge in [-0.15, -0.1) is 0 Å². The lowest BCUT2D eigenvalue weighted by molar-refractivity contribution is 0.358. The molecule has 0 radical (unpaired) electrons. The molecule has 0 aliphatic heterocycles. The summed E-state index contributed by atoms with van der Waals surface area (Å²) in [5.41, 5.74) is 1.27. The van der Waals surface area contributed by atoms with Gasteiger partial charge in [0.05, 0.1) is 19.8 Å². The van der Waals surface area contributed by atoms with E-state index in [-0.39, 0.29) is 22.7 Å². The highest BCUT2D eigenvalue weighted by Gasteiger charge is 2.17. The van der Waals surface area contributed by atoms with E-state index >= 15 is 4.39 Å². The van der Waals surface area contributed by atoms with E-state index in [4.69, 9.17) is 14.2 Å². The molecule has 0 saturated heterocycles. The van der Waals surface area contributed by atoms with Crippen LogP contribution in [0.25, 0.3) is 33.4 Å². The molecule has 0 N–H and O–H groups in total. The van der Waals surface area contributed by atoms with E-state index in [0.29, 0.717) is 45.1 Å². The van der Waals surface area contributed by atoms with Crippen LogP contribution in [-0.4, -0.2) is 28.8 Å². The van der Waals surface area contributed by atoms with E-state index in [9.17, 15) is 9.18 Å². The second-order valence-corrected chi connectivity index (χ2v) is 8.12. The van der Waals surface area contributed by atoms with Crippen LogP contribution in [0, 0.1) is 11.6 Å². The highest BCUT2D eigenvalue weighted by atomic mass is 19.1. The predicted octanol–water partition coefficient (Wildman–Crippen LogP) is 5.75. The summed E-state index contributed by atoms with van der Waals surface area (Å²) in [5.74, 6) is 0.613. The minimum Gasteiger partial charge on any atom is -0.493 e. The smallest absolute Gasteiger partial charge is 0.261 e. The van der Waals surface area contributed by atoms with E-state index in [1.165, 1.54) is 67.6 Å². The summed E-state index contributed by atoms with van der Waals surface area (Å²) in [4.78, 5) is 21.7. The van der Waals surface area contributed by atoms with E-state index in [2.05, 4.69) is 9.97 Å². The van der Waals surface area contributed by atoms with Crippen LogP contribution in [0.3, 0.4) is 0 Å². The molecule has 0 spiro atoms. The number of methoxy groups -OCH3 is 2. The number of aromatic nitrogens is 3. The van der Waals surface area contributed by atoms with Gasteiger partial charge in [-0.3, -0.25) is 14.3 Å². The van der Waals surface area contributed by atoms with E-state index in [0.717, 1.165) is 0 Å². The minimum absolute atomic E-state index is 0.0289. The topological polar surface area (TPSA) is 75.5 Å². The number of halogens is 2. The zero-order valence-electron chi connectivity index (χ0n) is 20.2. The number of ether oxygens (including phenoxy) is 3. The van der Waals surface area contributed by atoms with Gasteiger partial charge in [-0.1, -0.05) is 6.07 Å². The first-order valence-corrected chi connectivity index (χ1v) is 11.2. The van der Waals surface area contributed by atoms with Crippen LogP contribution in [0.1, 0.15) is 0 Å². The van der Waals surface area contributed by atoms with Gasteiger partial charge in [0.2, 0.25) is 0 Å². The first-order valence-electron chi connectivity index (χ1n) is 11.2. The Balaban J connectivity index is 1.48. The second-order valence-electron chi connectivity index (χ2n) is 8.12. The maximum atomic E-state index is 15.1. The van der Waals surface area contributed by atoms with Crippen LogP contribution in [0.15, 0.2) is 77.9 Å². The van der Waals surface area contributed by atoms with Crippen molar-refractivity contribution in [2.75, 3.05) is 14.2 Å². The third-order valence-electron chi connectivity index (χ3n) is 5.95. The van der Waals surface area contributed by atoms with Gasteiger partial charge >= 0.3 is 0 Å². The lowest BCUT2D eigenvalue weighted by atomic mass is 10.1. The summed E-state index contributed by atoms with van der Waals surface area (Å²) in [6.45, 7) is 0. The Hall–Kier alpha value is -4.79. The Morgan fingerprint density at radius 3 is 2.24 bits per heavy atom. The Morgan fingerprint density at radius 2 is 1.54 bits per heavy atom. The number of nitrogens with zero attached hydrogens (tertiary/aromatic N) is 3. The molecule has 2 aromatic heterocycles. The molecule has 0 aliphatic carbocycles. The highest BCUT2D eigenvalue weighted by Crippen LogP contribution is 2.39. The quantitative estimate of drug-likeness (QED) is 0.295. The molecule has 9 heteroatoms. The Labute approximate surface area is 210 Å². The van der Waals surface area contributed by atoms with Crippen molar-refractivity contribution < 1.29 is 23.0 Å². The van der Waals surface area contributed by atoms with E-state index in [1.54, 1.807) is 31.3 Å². The summed E-state index contributed by atoms with van der Waals surface area (Å²) >= 11 is 0. The molecule has 37 heavy (non-hydrogen) atoms. The molecule has 0 unspecified atom stereocenters. The van der Waals surface area contributed by atoms with Crippen molar-refractivity contribution in [2.45, 2.75) is 0 Å². The summed E-state index contributed by atoms with van der Waals surface area (Å²) in [6, 6.07) is 15.0. The van der Waals surface area contributed by atoms with Gasteiger partial charge in [0.25, 0.3) is 5.56 Å². The van der Waals surface area contributed by atoms with Gasteiger partial charge in [0.15, 0.2) is 23.1 Å². The molecule has 5 rings (SSSR count). The van der Waals surface area contributed by atoms with Crippen LogP contribution in [0.5, 0.6) is 23.0 Å². The summed E-state index contributed by atoms with van der Waals surface area (Å²) in [7, 11) is 4.60. The van der Waals surface area contributed by atoms with E-state index < -0.39 is 5.82 Å². The lowest BCUT2D eigenvalue weighted by Gasteiger charge is -2.14. The zero-order chi connectivity index (χ0) is 26.1. The van der Waals surface area contributed by atoms with Gasteiger partial charge in [-0.2, -0.15) is 0 Å². The van der Waals surface area contributed by atoms with Crippen LogP contribution in [-0.2, 0) is 7.05 Å². The minimum atomic E-state index is -0.660. The van der Waals surface area contributed by atoms with Gasteiger partial charge < -0.3 is 14.2 Å². The molecular weight excluding hydrogens is 480 g/mol. The molecular formula is C28H21F2N3O4. The van der Waals surface area contributed by atoms with E-state index in [1.807, 2.05) is 0 Å². The van der Waals surface area contributed by atoms with Gasteiger partial charge in [0, 0.05) is 30.4 Å². The van der Waals surface area contributed by atoms with Crippen molar-refractivity contribution >= 4 is 10.9 Å². The Morgan fingerprint density at radius 1 is 0.811 bits per heavy atom. The molecule has 0 atom stereocenters. The maximum Gasteiger partial charge on any atom is 0.261 e. The first kappa shape index (κ1) is 23.9. The average Bonchev–Trinajstić information content (AvgIpc) is 2.91. The molecule has 0 aliphatic rings. The molecule has 0 bridgehead atoms. The Bertz CT molecular complexity index is 1680.